The molecule has 134 valence electrons. The van der Waals surface area contributed by atoms with E-state index in [1.807, 2.05) is 0 Å². The highest BCUT2D eigenvalue weighted by molar-refractivity contribution is 7.89. The van der Waals surface area contributed by atoms with Crippen molar-refractivity contribution in [2.75, 3.05) is 12.4 Å². The Morgan fingerprint density at radius 1 is 1.12 bits per heavy atom. The van der Waals surface area contributed by atoms with Gasteiger partial charge in [-0.2, -0.15) is 5.10 Å². The summed E-state index contributed by atoms with van der Waals surface area (Å²) in [6.45, 7) is 0. The minimum atomic E-state index is -3.54. The second-order valence-corrected chi connectivity index (χ2v) is 7.20. The fourth-order valence-corrected chi connectivity index (χ4v) is 2.98. The molecule has 3 rings (SSSR count). The second kappa shape index (κ2) is 7.06. The van der Waals surface area contributed by atoms with Crippen LogP contribution in [0.3, 0.4) is 0 Å². The molecular weight excluding hydrogens is 359 g/mol. The average molecular weight is 374 g/mol. The molecule has 2 N–H and O–H groups in total. The zero-order valence-corrected chi connectivity index (χ0v) is 14.5. The van der Waals surface area contributed by atoms with Crippen molar-refractivity contribution >= 4 is 21.6 Å². The second-order valence-electron chi connectivity index (χ2n) is 5.31. The predicted octanol–water partition coefficient (Wildman–Crippen LogP) is 2.17. The number of amides is 1. The van der Waals surface area contributed by atoms with Gasteiger partial charge in [0.05, 0.1) is 16.7 Å². The number of rotatable bonds is 5. The first kappa shape index (κ1) is 17.8. The van der Waals surface area contributed by atoms with Gasteiger partial charge in [-0.25, -0.2) is 22.2 Å². The summed E-state index contributed by atoms with van der Waals surface area (Å²) in [5, 5.41) is 6.63. The Balaban J connectivity index is 1.76. The van der Waals surface area contributed by atoms with Crippen molar-refractivity contribution in [3.63, 3.8) is 0 Å². The number of anilines is 1. The summed E-state index contributed by atoms with van der Waals surface area (Å²) in [7, 11) is -2.22. The number of nitrogens with zero attached hydrogens (tertiary/aromatic N) is 2. The maximum atomic E-state index is 13.8. The van der Waals surface area contributed by atoms with E-state index >= 15 is 0 Å². The quantitative estimate of drug-likeness (QED) is 0.716. The highest BCUT2D eigenvalue weighted by Crippen LogP contribution is 2.16. The maximum Gasteiger partial charge on any atom is 0.258 e. The van der Waals surface area contributed by atoms with Crippen LogP contribution in [0, 0.1) is 5.82 Å². The third-order valence-corrected chi connectivity index (χ3v) is 5.07. The Kier molecular flexibility index (Phi) is 4.83. The van der Waals surface area contributed by atoms with Crippen LogP contribution in [0.15, 0.2) is 65.8 Å². The third kappa shape index (κ3) is 3.63. The molecule has 26 heavy (non-hydrogen) atoms. The monoisotopic (exact) mass is 374 g/mol. The van der Waals surface area contributed by atoms with Gasteiger partial charge in [0.2, 0.25) is 10.0 Å². The van der Waals surface area contributed by atoms with E-state index in [1.54, 1.807) is 18.2 Å². The summed E-state index contributed by atoms with van der Waals surface area (Å²) >= 11 is 0. The third-order valence-electron chi connectivity index (χ3n) is 3.64. The molecule has 0 spiro atoms. The number of hydrogen-bond donors (Lipinski definition) is 2. The molecule has 0 fully saturated rings. The number of aromatic nitrogens is 2. The van der Waals surface area contributed by atoms with Gasteiger partial charge in [0.25, 0.3) is 5.91 Å². The molecule has 1 aromatic heterocycles. The Labute approximate surface area is 149 Å². The van der Waals surface area contributed by atoms with E-state index in [9.17, 15) is 17.6 Å². The van der Waals surface area contributed by atoms with Crippen LogP contribution < -0.4 is 10.0 Å². The van der Waals surface area contributed by atoms with Crippen molar-refractivity contribution in [3.05, 3.63) is 72.3 Å². The lowest BCUT2D eigenvalue weighted by atomic mass is 10.3. The van der Waals surface area contributed by atoms with Gasteiger partial charge in [0.15, 0.2) is 0 Å². The molecule has 0 aliphatic carbocycles. The van der Waals surface area contributed by atoms with Crippen LogP contribution in [0.2, 0.25) is 0 Å². The topological polar surface area (TPSA) is 93.1 Å². The van der Waals surface area contributed by atoms with Crippen molar-refractivity contribution in [3.8, 4) is 5.69 Å². The molecule has 0 saturated carbocycles. The van der Waals surface area contributed by atoms with Crippen molar-refractivity contribution in [2.24, 2.45) is 0 Å². The SMILES string of the molecule is CNS(=O)(=O)c1ccc(NC(=O)c2cnn(-c3ccccc3F)c2)cc1. The summed E-state index contributed by atoms with van der Waals surface area (Å²) in [6, 6.07) is 11.8. The molecule has 0 radical (unpaired) electrons. The van der Waals surface area contributed by atoms with Gasteiger partial charge >= 0.3 is 0 Å². The number of para-hydroxylation sites is 1. The fraction of sp³-hybridized carbons (Fsp3) is 0.0588. The summed E-state index contributed by atoms with van der Waals surface area (Å²) in [6.07, 6.45) is 2.73. The van der Waals surface area contributed by atoms with Gasteiger partial charge in [0, 0.05) is 11.9 Å². The predicted molar refractivity (Wildman–Crippen MR) is 94.2 cm³/mol. The van der Waals surface area contributed by atoms with E-state index in [-0.39, 0.29) is 16.1 Å². The molecule has 3 aromatic rings. The number of carbonyl (C=O) groups is 1. The molecule has 9 heteroatoms. The zero-order valence-electron chi connectivity index (χ0n) is 13.7. The van der Waals surface area contributed by atoms with Crippen LogP contribution in [0.4, 0.5) is 10.1 Å². The van der Waals surface area contributed by atoms with Gasteiger partial charge < -0.3 is 5.32 Å². The van der Waals surface area contributed by atoms with Gasteiger partial charge in [-0.05, 0) is 43.4 Å². The van der Waals surface area contributed by atoms with Crippen LogP contribution in [-0.4, -0.2) is 31.2 Å². The van der Waals surface area contributed by atoms with E-state index in [1.165, 1.54) is 54.5 Å². The van der Waals surface area contributed by atoms with E-state index < -0.39 is 21.7 Å². The minimum Gasteiger partial charge on any atom is -0.322 e. The Hall–Kier alpha value is -3.04. The van der Waals surface area contributed by atoms with E-state index in [0.717, 1.165) is 0 Å². The fourth-order valence-electron chi connectivity index (χ4n) is 2.25. The van der Waals surface area contributed by atoms with E-state index in [0.29, 0.717) is 5.69 Å². The molecule has 0 bridgehead atoms. The molecule has 0 atom stereocenters. The molecule has 0 aliphatic rings. The smallest absolute Gasteiger partial charge is 0.258 e. The summed E-state index contributed by atoms with van der Waals surface area (Å²) in [4.78, 5) is 12.4. The van der Waals surface area contributed by atoms with Crippen LogP contribution in [0.5, 0.6) is 0 Å². The van der Waals surface area contributed by atoms with Crippen LogP contribution in [0.1, 0.15) is 10.4 Å². The lowest BCUT2D eigenvalue weighted by Crippen LogP contribution is -2.18. The minimum absolute atomic E-state index is 0.0883. The molecule has 0 saturated heterocycles. The molecule has 7 nitrogen and oxygen atoms in total. The molecule has 1 heterocycles. The summed E-state index contributed by atoms with van der Waals surface area (Å²) < 4.78 is 40.6. The molecule has 1 amide bonds. The number of nitrogens with one attached hydrogen (secondary N) is 2. The Bertz CT molecular complexity index is 1050. The van der Waals surface area contributed by atoms with Crippen LogP contribution >= 0.6 is 0 Å². The lowest BCUT2D eigenvalue weighted by Gasteiger charge is -2.06. The van der Waals surface area contributed by atoms with E-state index in [4.69, 9.17) is 0 Å². The molecule has 2 aromatic carbocycles. The van der Waals surface area contributed by atoms with Gasteiger partial charge in [-0.15, -0.1) is 0 Å². The molecule has 0 unspecified atom stereocenters. The Morgan fingerprint density at radius 3 is 2.46 bits per heavy atom. The number of halogens is 1. The number of benzene rings is 2. The van der Waals surface area contributed by atoms with Gasteiger partial charge in [-0.1, -0.05) is 12.1 Å². The number of hydrogen-bond acceptors (Lipinski definition) is 4. The van der Waals surface area contributed by atoms with Gasteiger partial charge in [0.1, 0.15) is 11.5 Å². The lowest BCUT2D eigenvalue weighted by molar-refractivity contribution is 0.102. The maximum absolute atomic E-state index is 13.8. The average Bonchev–Trinajstić information content (AvgIpc) is 3.12. The van der Waals surface area contributed by atoms with E-state index in [2.05, 4.69) is 15.1 Å². The van der Waals surface area contributed by atoms with Crippen molar-refractivity contribution in [2.45, 2.75) is 4.90 Å². The van der Waals surface area contributed by atoms with Gasteiger partial charge in [-0.3, -0.25) is 4.79 Å². The molecular formula is C17H15FN4O3S. The zero-order chi connectivity index (χ0) is 18.7. The van der Waals surface area contributed by atoms with Crippen molar-refractivity contribution in [1.29, 1.82) is 0 Å². The standard InChI is InChI=1S/C17H15FN4O3S/c1-19-26(24,25)14-8-6-13(7-9-14)21-17(23)12-10-20-22(11-12)16-5-3-2-4-15(16)18/h2-11,19H,1H3,(H,21,23). The molecule has 0 aliphatic heterocycles. The first-order chi connectivity index (χ1) is 12.4. The highest BCUT2D eigenvalue weighted by atomic mass is 32.2. The largest absolute Gasteiger partial charge is 0.322 e. The normalized spacial score (nSPS) is 11.3. The first-order valence-electron chi connectivity index (χ1n) is 7.55. The van der Waals surface area contributed by atoms with Crippen molar-refractivity contribution in [1.82, 2.24) is 14.5 Å². The van der Waals surface area contributed by atoms with Crippen LogP contribution in [0.25, 0.3) is 5.69 Å². The van der Waals surface area contributed by atoms with Crippen molar-refractivity contribution < 1.29 is 17.6 Å². The number of carbonyl (C=O) groups excluding carboxylic acids is 1. The number of sulfonamides is 1. The highest BCUT2D eigenvalue weighted by Gasteiger charge is 2.13. The summed E-state index contributed by atoms with van der Waals surface area (Å²) in [5.74, 6) is -0.902. The summed E-state index contributed by atoms with van der Waals surface area (Å²) in [5.41, 5.74) is 0.886. The van der Waals surface area contributed by atoms with Crippen LogP contribution in [-0.2, 0) is 10.0 Å². The Morgan fingerprint density at radius 2 is 1.81 bits per heavy atom. The first-order valence-corrected chi connectivity index (χ1v) is 9.03.